The Morgan fingerprint density at radius 2 is 1.75 bits per heavy atom. The Morgan fingerprint density at radius 1 is 1.15 bits per heavy atom. The second-order valence-electron chi connectivity index (χ2n) is 5.10. The van der Waals surface area contributed by atoms with E-state index in [2.05, 4.69) is 11.4 Å². The summed E-state index contributed by atoms with van der Waals surface area (Å²) >= 11 is 0. The molecule has 1 aromatic heterocycles. The maximum Gasteiger partial charge on any atom is 0.129 e. The molecule has 0 saturated carbocycles. The van der Waals surface area contributed by atoms with Gasteiger partial charge in [0.05, 0.1) is 0 Å². The van der Waals surface area contributed by atoms with Crippen LogP contribution in [0.3, 0.4) is 0 Å². The average Bonchev–Trinajstić information content (AvgIpc) is 2.76. The molecule has 2 aromatic rings. The van der Waals surface area contributed by atoms with Gasteiger partial charge in [-0.1, -0.05) is 12.1 Å². The number of halogens is 1. The number of aromatic nitrogens is 1. The van der Waals surface area contributed by atoms with Crippen molar-refractivity contribution in [2.75, 3.05) is 0 Å². The first-order chi connectivity index (χ1) is 9.51. The molecule has 0 aliphatic rings. The van der Waals surface area contributed by atoms with Gasteiger partial charge in [-0.3, -0.25) is 0 Å². The zero-order chi connectivity index (χ0) is 14.7. The van der Waals surface area contributed by atoms with Crippen LogP contribution in [0.5, 0.6) is 0 Å². The summed E-state index contributed by atoms with van der Waals surface area (Å²) in [6, 6.07) is 7.73. The molecule has 0 aliphatic carbocycles. The Balaban J connectivity index is 1.98. The maximum atomic E-state index is 13.5. The van der Waals surface area contributed by atoms with Crippen LogP contribution in [0.15, 0.2) is 24.4 Å². The van der Waals surface area contributed by atoms with Crippen molar-refractivity contribution in [1.82, 2.24) is 9.88 Å². The van der Waals surface area contributed by atoms with Crippen LogP contribution in [0.4, 0.5) is 4.39 Å². The van der Waals surface area contributed by atoms with Crippen LogP contribution < -0.4 is 5.32 Å². The second-order valence-corrected chi connectivity index (χ2v) is 5.10. The van der Waals surface area contributed by atoms with E-state index in [0.29, 0.717) is 29.9 Å². The van der Waals surface area contributed by atoms with Gasteiger partial charge >= 0.3 is 0 Å². The Kier molecular flexibility index (Phi) is 4.21. The highest BCUT2D eigenvalue weighted by Crippen LogP contribution is 2.14. The molecule has 0 amide bonds. The summed E-state index contributed by atoms with van der Waals surface area (Å²) < 4.78 is 15.3. The van der Waals surface area contributed by atoms with Crippen molar-refractivity contribution in [2.45, 2.75) is 26.9 Å². The summed E-state index contributed by atoms with van der Waals surface area (Å²) in [6.45, 7) is 4.92. The van der Waals surface area contributed by atoms with Crippen molar-refractivity contribution in [3.63, 3.8) is 0 Å². The quantitative estimate of drug-likeness (QED) is 0.928. The number of benzene rings is 1. The lowest BCUT2D eigenvalue weighted by Gasteiger charge is -2.08. The van der Waals surface area contributed by atoms with Crippen LogP contribution >= 0.6 is 0 Å². The van der Waals surface area contributed by atoms with Crippen LogP contribution in [0, 0.1) is 31.0 Å². The molecule has 3 nitrogen and oxygen atoms in total. The van der Waals surface area contributed by atoms with Gasteiger partial charge in [-0.05, 0) is 42.2 Å². The lowest BCUT2D eigenvalue weighted by atomic mass is 10.1. The van der Waals surface area contributed by atoms with Gasteiger partial charge in [-0.15, -0.1) is 0 Å². The summed E-state index contributed by atoms with van der Waals surface area (Å²) in [5, 5.41) is 12.2. The van der Waals surface area contributed by atoms with E-state index in [0.717, 1.165) is 11.1 Å². The standard InChI is InChI=1S/C16H18FN3/c1-11-4-13(5-12(2)16(11)17)8-19-9-14-6-15(7-18)20(3)10-14/h4-6,10,19H,8-9H2,1-3H3. The molecule has 1 aromatic carbocycles. The minimum atomic E-state index is -0.129. The highest BCUT2D eigenvalue weighted by molar-refractivity contribution is 5.31. The fourth-order valence-corrected chi connectivity index (χ4v) is 2.33. The number of nitrogens with zero attached hydrogens (tertiary/aromatic N) is 2. The molecule has 1 heterocycles. The van der Waals surface area contributed by atoms with E-state index < -0.39 is 0 Å². The van der Waals surface area contributed by atoms with Crippen LogP contribution in [0.25, 0.3) is 0 Å². The summed E-state index contributed by atoms with van der Waals surface area (Å²) in [5.41, 5.74) is 4.13. The summed E-state index contributed by atoms with van der Waals surface area (Å²) in [6.07, 6.45) is 1.94. The Hall–Kier alpha value is -2.12. The molecule has 0 saturated heterocycles. The van der Waals surface area contributed by atoms with E-state index in [1.165, 1.54) is 0 Å². The van der Waals surface area contributed by atoms with E-state index in [1.807, 2.05) is 36.0 Å². The molecule has 1 N–H and O–H groups in total. The van der Waals surface area contributed by atoms with Crippen LogP contribution in [-0.4, -0.2) is 4.57 Å². The van der Waals surface area contributed by atoms with Gasteiger partial charge in [0.2, 0.25) is 0 Å². The zero-order valence-corrected chi connectivity index (χ0v) is 12.0. The van der Waals surface area contributed by atoms with Crippen LogP contribution in [0.2, 0.25) is 0 Å². The van der Waals surface area contributed by atoms with Crippen molar-refractivity contribution in [3.8, 4) is 6.07 Å². The molecule has 0 unspecified atom stereocenters. The van der Waals surface area contributed by atoms with Gasteiger partial charge in [0.15, 0.2) is 0 Å². The predicted molar refractivity (Wildman–Crippen MR) is 76.5 cm³/mol. The zero-order valence-electron chi connectivity index (χ0n) is 12.0. The number of nitriles is 1. The van der Waals surface area contributed by atoms with Gasteiger partial charge in [0.1, 0.15) is 17.6 Å². The minimum absolute atomic E-state index is 0.129. The maximum absolute atomic E-state index is 13.5. The largest absolute Gasteiger partial charge is 0.342 e. The molecule has 0 aliphatic heterocycles. The first-order valence-corrected chi connectivity index (χ1v) is 6.53. The molecule has 0 fully saturated rings. The topological polar surface area (TPSA) is 40.8 Å². The summed E-state index contributed by atoms with van der Waals surface area (Å²) in [4.78, 5) is 0. The average molecular weight is 271 g/mol. The monoisotopic (exact) mass is 271 g/mol. The molecule has 0 radical (unpaired) electrons. The number of hydrogen-bond donors (Lipinski definition) is 1. The van der Waals surface area contributed by atoms with Crippen LogP contribution in [-0.2, 0) is 20.1 Å². The van der Waals surface area contributed by atoms with Crippen molar-refractivity contribution >= 4 is 0 Å². The number of nitrogens with one attached hydrogen (secondary N) is 1. The smallest absolute Gasteiger partial charge is 0.129 e. The van der Waals surface area contributed by atoms with Gasteiger partial charge < -0.3 is 9.88 Å². The third-order valence-electron chi connectivity index (χ3n) is 3.33. The highest BCUT2D eigenvalue weighted by atomic mass is 19.1. The van der Waals surface area contributed by atoms with E-state index in [4.69, 9.17) is 5.26 Å². The highest BCUT2D eigenvalue weighted by Gasteiger charge is 2.05. The van der Waals surface area contributed by atoms with Gasteiger partial charge in [-0.25, -0.2) is 4.39 Å². The SMILES string of the molecule is Cc1cc(CNCc2cc(C#N)n(C)c2)cc(C)c1F. The molecular weight excluding hydrogens is 253 g/mol. The molecule has 4 heteroatoms. The first-order valence-electron chi connectivity index (χ1n) is 6.53. The lowest BCUT2D eigenvalue weighted by Crippen LogP contribution is -2.12. The van der Waals surface area contributed by atoms with Crippen molar-refractivity contribution in [3.05, 3.63) is 58.2 Å². The number of aryl methyl sites for hydroxylation is 3. The third kappa shape index (κ3) is 3.06. The summed E-state index contributed by atoms with van der Waals surface area (Å²) in [5.74, 6) is -0.129. The Bertz CT molecular complexity index is 642. The normalized spacial score (nSPS) is 10.6. The van der Waals surface area contributed by atoms with Crippen molar-refractivity contribution in [2.24, 2.45) is 7.05 Å². The van der Waals surface area contributed by atoms with Gasteiger partial charge in [0, 0.05) is 26.3 Å². The van der Waals surface area contributed by atoms with E-state index in [9.17, 15) is 4.39 Å². The van der Waals surface area contributed by atoms with E-state index in [1.54, 1.807) is 13.8 Å². The number of rotatable bonds is 4. The molecule has 0 spiro atoms. The fourth-order valence-electron chi connectivity index (χ4n) is 2.33. The second kappa shape index (κ2) is 5.89. The molecule has 104 valence electrons. The molecule has 20 heavy (non-hydrogen) atoms. The summed E-state index contributed by atoms with van der Waals surface area (Å²) in [7, 11) is 1.86. The fraction of sp³-hybridized carbons (Fsp3) is 0.312. The van der Waals surface area contributed by atoms with Crippen LogP contribution in [0.1, 0.15) is 27.9 Å². The molecule has 0 bridgehead atoms. The van der Waals surface area contributed by atoms with E-state index >= 15 is 0 Å². The molecule has 0 atom stereocenters. The van der Waals surface area contributed by atoms with Crippen molar-refractivity contribution < 1.29 is 4.39 Å². The van der Waals surface area contributed by atoms with Crippen molar-refractivity contribution in [1.29, 1.82) is 5.26 Å². The first kappa shape index (κ1) is 14.3. The lowest BCUT2D eigenvalue weighted by molar-refractivity contribution is 0.606. The van der Waals surface area contributed by atoms with Gasteiger partial charge in [-0.2, -0.15) is 5.26 Å². The number of hydrogen-bond acceptors (Lipinski definition) is 2. The van der Waals surface area contributed by atoms with E-state index in [-0.39, 0.29) is 5.82 Å². The van der Waals surface area contributed by atoms with Gasteiger partial charge in [0.25, 0.3) is 0 Å². The Labute approximate surface area is 118 Å². The molecular formula is C16H18FN3. The predicted octanol–water partition coefficient (Wildman–Crippen LogP) is 2.94. The minimum Gasteiger partial charge on any atom is -0.342 e. The third-order valence-corrected chi connectivity index (χ3v) is 3.33. The molecule has 2 rings (SSSR count). The Morgan fingerprint density at radius 3 is 2.30 bits per heavy atom.